The zero-order valence-electron chi connectivity index (χ0n) is 14.4. The van der Waals surface area contributed by atoms with E-state index in [0.717, 1.165) is 15.7 Å². The number of hydrazone groups is 1. The van der Waals surface area contributed by atoms with Gasteiger partial charge < -0.3 is 4.42 Å². The number of halogens is 1. The topological polar surface area (TPSA) is 45.8 Å². The van der Waals surface area contributed by atoms with Crippen molar-refractivity contribution in [2.75, 3.05) is 5.01 Å². The van der Waals surface area contributed by atoms with Gasteiger partial charge in [0.05, 0.1) is 17.0 Å². The van der Waals surface area contributed by atoms with Gasteiger partial charge in [0, 0.05) is 9.92 Å². The van der Waals surface area contributed by atoms with Crippen LogP contribution < -0.4 is 5.01 Å². The molecule has 0 N–H and O–H groups in total. The number of anilines is 1. The van der Waals surface area contributed by atoms with Crippen molar-refractivity contribution < 1.29 is 9.21 Å². The summed E-state index contributed by atoms with van der Waals surface area (Å²) in [7, 11) is 0. The molecule has 0 saturated carbocycles. The molecule has 2 aromatic carbocycles. The zero-order chi connectivity index (χ0) is 18.8. The number of carbonyl (C=O) groups excluding carboxylic acids is 1. The lowest BCUT2D eigenvalue weighted by Gasteiger charge is -2.10. The molecule has 0 spiro atoms. The average molecular weight is 395 g/mol. The Morgan fingerprint density at radius 1 is 1.04 bits per heavy atom. The zero-order valence-corrected chi connectivity index (χ0v) is 16.0. The number of benzene rings is 2. The molecule has 1 aliphatic heterocycles. The van der Waals surface area contributed by atoms with E-state index in [1.54, 1.807) is 6.08 Å². The van der Waals surface area contributed by atoms with Crippen molar-refractivity contribution >= 4 is 46.7 Å². The van der Waals surface area contributed by atoms with E-state index in [-0.39, 0.29) is 5.91 Å². The molecule has 3 aromatic rings. The smallest absolute Gasteiger partial charge is 0.280 e. The highest BCUT2D eigenvalue weighted by molar-refractivity contribution is 7.99. The van der Waals surface area contributed by atoms with E-state index in [1.165, 1.54) is 16.8 Å². The summed E-state index contributed by atoms with van der Waals surface area (Å²) in [6.07, 6.45) is 1.73. The lowest BCUT2D eigenvalue weighted by atomic mass is 10.1. The van der Waals surface area contributed by atoms with Crippen LogP contribution in [0.4, 0.5) is 5.69 Å². The molecule has 2 heterocycles. The van der Waals surface area contributed by atoms with Gasteiger partial charge in [0.25, 0.3) is 5.91 Å². The number of hydrogen-bond acceptors (Lipinski definition) is 4. The van der Waals surface area contributed by atoms with Crippen LogP contribution in [0, 0.1) is 0 Å². The van der Waals surface area contributed by atoms with Crippen molar-refractivity contribution in [3.8, 4) is 0 Å². The fourth-order valence-corrected chi connectivity index (χ4v) is 3.56. The van der Waals surface area contributed by atoms with Crippen molar-refractivity contribution in [3.63, 3.8) is 0 Å². The molecule has 6 heteroatoms. The summed E-state index contributed by atoms with van der Waals surface area (Å²) >= 11 is 7.40. The SMILES string of the molecule is CC1=NN(c2ccccc2)C(=O)/C1=C/c1ccc(Sc2ccc(Cl)cc2)o1. The van der Waals surface area contributed by atoms with Crippen LogP contribution in [-0.2, 0) is 4.79 Å². The minimum absolute atomic E-state index is 0.165. The number of furan rings is 1. The first-order valence-corrected chi connectivity index (χ1v) is 9.49. The molecule has 4 nitrogen and oxygen atoms in total. The van der Waals surface area contributed by atoms with E-state index in [1.807, 2.05) is 73.7 Å². The molecule has 0 aliphatic carbocycles. The first-order chi connectivity index (χ1) is 13.1. The number of rotatable bonds is 4. The van der Waals surface area contributed by atoms with Crippen LogP contribution >= 0.6 is 23.4 Å². The molecular weight excluding hydrogens is 380 g/mol. The van der Waals surface area contributed by atoms with Gasteiger partial charge in [-0.25, -0.2) is 0 Å². The maximum atomic E-state index is 12.7. The van der Waals surface area contributed by atoms with Crippen molar-refractivity contribution in [3.05, 3.63) is 83.1 Å². The summed E-state index contributed by atoms with van der Waals surface area (Å²) < 4.78 is 5.85. The van der Waals surface area contributed by atoms with Crippen LogP contribution in [0.1, 0.15) is 12.7 Å². The average Bonchev–Trinajstić information content (AvgIpc) is 3.24. The maximum absolute atomic E-state index is 12.7. The van der Waals surface area contributed by atoms with Crippen LogP contribution in [0.3, 0.4) is 0 Å². The van der Waals surface area contributed by atoms with Gasteiger partial charge in [-0.1, -0.05) is 41.6 Å². The van der Waals surface area contributed by atoms with Crippen LogP contribution in [-0.4, -0.2) is 11.6 Å². The van der Waals surface area contributed by atoms with E-state index >= 15 is 0 Å². The first kappa shape index (κ1) is 17.6. The summed E-state index contributed by atoms with van der Waals surface area (Å²) in [5, 5.41) is 7.22. The number of amides is 1. The van der Waals surface area contributed by atoms with E-state index < -0.39 is 0 Å². The van der Waals surface area contributed by atoms with Gasteiger partial charge in [-0.2, -0.15) is 10.1 Å². The van der Waals surface area contributed by atoms with Crippen LogP contribution in [0.5, 0.6) is 0 Å². The molecule has 1 aliphatic rings. The maximum Gasteiger partial charge on any atom is 0.280 e. The Kier molecular flexibility index (Phi) is 4.88. The van der Waals surface area contributed by atoms with E-state index in [2.05, 4.69) is 5.10 Å². The van der Waals surface area contributed by atoms with Gasteiger partial charge in [0.15, 0.2) is 5.09 Å². The van der Waals surface area contributed by atoms with Crippen molar-refractivity contribution in [1.82, 2.24) is 0 Å². The molecule has 4 rings (SSSR count). The Hall–Kier alpha value is -2.76. The molecule has 0 unspecified atom stereocenters. The molecule has 0 bridgehead atoms. The highest BCUT2D eigenvalue weighted by Crippen LogP contribution is 2.31. The molecule has 134 valence electrons. The third kappa shape index (κ3) is 3.84. The van der Waals surface area contributed by atoms with E-state index in [4.69, 9.17) is 16.0 Å². The lowest BCUT2D eigenvalue weighted by Crippen LogP contribution is -2.21. The van der Waals surface area contributed by atoms with Gasteiger partial charge in [-0.15, -0.1) is 0 Å². The minimum atomic E-state index is -0.165. The Balaban J connectivity index is 1.54. The summed E-state index contributed by atoms with van der Waals surface area (Å²) in [5.74, 6) is 0.446. The highest BCUT2D eigenvalue weighted by atomic mass is 35.5. The highest BCUT2D eigenvalue weighted by Gasteiger charge is 2.28. The first-order valence-electron chi connectivity index (χ1n) is 8.30. The summed E-state index contributed by atoms with van der Waals surface area (Å²) in [6, 6.07) is 20.6. The van der Waals surface area contributed by atoms with Crippen LogP contribution in [0.2, 0.25) is 5.02 Å². The Bertz CT molecular complexity index is 1040. The molecule has 0 atom stereocenters. The predicted octanol–water partition coefficient (Wildman–Crippen LogP) is 5.89. The van der Waals surface area contributed by atoms with Crippen LogP contribution in [0.25, 0.3) is 6.08 Å². The number of carbonyl (C=O) groups is 1. The molecular formula is C21H15ClN2O2S. The second-order valence-corrected chi connectivity index (χ2v) is 7.42. The third-order valence-corrected chi connectivity index (χ3v) is 5.16. The number of nitrogens with zero attached hydrogens (tertiary/aromatic N) is 2. The molecule has 1 aromatic heterocycles. The lowest BCUT2D eigenvalue weighted by molar-refractivity contribution is -0.114. The second-order valence-electron chi connectivity index (χ2n) is 5.91. The Morgan fingerprint density at radius 3 is 2.52 bits per heavy atom. The van der Waals surface area contributed by atoms with Gasteiger partial charge in [0.1, 0.15) is 5.76 Å². The van der Waals surface area contributed by atoms with Crippen molar-refractivity contribution in [2.24, 2.45) is 5.10 Å². The van der Waals surface area contributed by atoms with Crippen molar-refractivity contribution in [2.45, 2.75) is 16.9 Å². The van der Waals surface area contributed by atoms with Gasteiger partial charge in [-0.05, 0) is 61.5 Å². The third-order valence-electron chi connectivity index (χ3n) is 3.98. The molecule has 27 heavy (non-hydrogen) atoms. The fourth-order valence-electron chi connectivity index (χ4n) is 2.66. The Morgan fingerprint density at radius 2 is 1.78 bits per heavy atom. The number of para-hydroxylation sites is 1. The summed E-state index contributed by atoms with van der Waals surface area (Å²) in [4.78, 5) is 13.8. The van der Waals surface area contributed by atoms with E-state index in [9.17, 15) is 4.79 Å². The largest absolute Gasteiger partial charge is 0.450 e. The Labute approximate surface area is 166 Å². The van der Waals surface area contributed by atoms with Crippen molar-refractivity contribution in [1.29, 1.82) is 0 Å². The standard InChI is InChI=1S/C21H15ClN2O2S/c1-14-19(21(25)24(23-14)16-5-3-2-4-6-16)13-17-9-12-20(26-17)27-18-10-7-15(22)8-11-18/h2-13H,1H3/b19-13+. The molecule has 1 amide bonds. The summed E-state index contributed by atoms with van der Waals surface area (Å²) in [6.45, 7) is 1.82. The summed E-state index contributed by atoms with van der Waals surface area (Å²) in [5.41, 5.74) is 1.92. The second kappa shape index (κ2) is 7.47. The van der Waals surface area contributed by atoms with Gasteiger partial charge >= 0.3 is 0 Å². The fraction of sp³-hybridized carbons (Fsp3) is 0.0476. The van der Waals surface area contributed by atoms with Crippen LogP contribution in [0.15, 0.2) is 91.8 Å². The normalized spacial score (nSPS) is 15.5. The van der Waals surface area contributed by atoms with Gasteiger partial charge in [0.2, 0.25) is 0 Å². The minimum Gasteiger partial charge on any atom is -0.450 e. The monoisotopic (exact) mass is 394 g/mol. The quantitative estimate of drug-likeness (QED) is 0.518. The molecule has 0 radical (unpaired) electrons. The van der Waals surface area contributed by atoms with Gasteiger partial charge in [-0.3, -0.25) is 4.79 Å². The van der Waals surface area contributed by atoms with E-state index in [0.29, 0.717) is 22.1 Å². The predicted molar refractivity (Wildman–Crippen MR) is 109 cm³/mol. The molecule has 0 saturated heterocycles. The molecule has 0 fully saturated rings. The number of hydrogen-bond donors (Lipinski definition) is 0.